The average molecular weight is 201 g/mol. The fourth-order valence-electron chi connectivity index (χ4n) is 0.725. The fourth-order valence-corrected chi connectivity index (χ4v) is 5.66. The quantitative estimate of drug-likeness (QED) is 0.358. The Balaban J connectivity index is 2.75. The van der Waals surface area contributed by atoms with Gasteiger partial charge in [0.15, 0.2) is 0 Å². The van der Waals surface area contributed by atoms with Gasteiger partial charge in [-0.15, -0.1) is 23.2 Å². The highest BCUT2D eigenvalue weighted by molar-refractivity contribution is 6.50. The molecule has 0 aromatic rings. The largest absolute Gasteiger partial charge is 0.106 e. The predicted octanol–water partition coefficient (Wildman–Crippen LogP) is 1.43. The van der Waals surface area contributed by atoms with Gasteiger partial charge in [0.25, 0.3) is 0 Å². The Hall–Kier alpha value is 1.01. The van der Waals surface area contributed by atoms with Crippen molar-refractivity contribution >= 4 is 42.2 Å². The van der Waals surface area contributed by atoms with Gasteiger partial charge in [-0.3, -0.25) is 0 Å². The third kappa shape index (κ3) is 9.01. The zero-order valence-electron chi connectivity index (χ0n) is 5.87. The Morgan fingerprint density at radius 2 is 2.00 bits per heavy atom. The molecule has 0 saturated carbocycles. The molecule has 56 valence electrons. The van der Waals surface area contributed by atoms with Crippen LogP contribution < -0.4 is 0 Å². The van der Waals surface area contributed by atoms with Crippen LogP contribution in [0.5, 0.6) is 0 Å². The summed E-state index contributed by atoms with van der Waals surface area (Å²) in [4.78, 5) is -0.0739. The molecule has 0 bridgehead atoms. The van der Waals surface area contributed by atoms with Crippen LogP contribution in [0, 0.1) is 0 Å². The number of hydrogen-bond acceptors (Lipinski definition) is 0. The molecule has 0 heterocycles. The van der Waals surface area contributed by atoms with E-state index in [-0.39, 0.29) is 14.4 Å². The van der Waals surface area contributed by atoms with Crippen LogP contribution in [0.3, 0.4) is 0 Å². The van der Waals surface area contributed by atoms with Gasteiger partial charge in [0.1, 0.15) is 4.84 Å². The standard InChI is InChI=1S/C5H14Cl2Si2/c1-8-2-3-9-4-5(6)7/h5H,2-4,8-9H2,1H3. The van der Waals surface area contributed by atoms with Crippen molar-refractivity contribution in [3.63, 3.8) is 0 Å². The van der Waals surface area contributed by atoms with E-state index >= 15 is 0 Å². The molecule has 0 aromatic carbocycles. The maximum absolute atomic E-state index is 5.57. The van der Waals surface area contributed by atoms with Crippen LogP contribution >= 0.6 is 23.2 Å². The third-order valence-electron chi connectivity index (χ3n) is 1.28. The normalized spacial score (nSPS) is 13.3. The molecule has 0 unspecified atom stereocenters. The fraction of sp³-hybridized carbons (Fsp3) is 1.00. The third-order valence-corrected chi connectivity index (χ3v) is 6.64. The maximum atomic E-state index is 5.57. The van der Waals surface area contributed by atoms with E-state index in [9.17, 15) is 0 Å². The van der Waals surface area contributed by atoms with Crippen molar-refractivity contribution in [1.82, 2.24) is 0 Å². The molecule has 0 N–H and O–H groups in total. The Bertz CT molecular complexity index is 58.9. The molecule has 0 aliphatic carbocycles. The van der Waals surface area contributed by atoms with Crippen LogP contribution in [0.2, 0.25) is 24.7 Å². The Morgan fingerprint density at radius 1 is 1.33 bits per heavy atom. The van der Waals surface area contributed by atoms with Crippen molar-refractivity contribution in [2.45, 2.75) is 29.5 Å². The smallest absolute Gasteiger partial charge is 0.105 e. The summed E-state index contributed by atoms with van der Waals surface area (Å²) in [7, 11) is 0.441. The van der Waals surface area contributed by atoms with Crippen molar-refractivity contribution < 1.29 is 0 Å². The second-order valence-electron chi connectivity index (χ2n) is 2.24. The predicted molar refractivity (Wildman–Crippen MR) is 52.9 cm³/mol. The first kappa shape index (κ1) is 10.0. The van der Waals surface area contributed by atoms with Gasteiger partial charge in [-0.05, 0) is 6.04 Å². The molecule has 0 aromatic heterocycles. The molecule has 0 nitrogen and oxygen atoms in total. The molecule has 0 fully saturated rings. The summed E-state index contributed by atoms with van der Waals surface area (Å²) in [6.07, 6.45) is 0. The summed E-state index contributed by atoms with van der Waals surface area (Å²) in [6, 6.07) is 4.09. The van der Waals surface area contributed by atoms with Crippen LogP contribution in [0.25, 0.3) is 0 Å². The van der Waals surface area contributed by atoms with Crippen LogP contribution in [0.4, 0.5) is 0 Å². The summed E-state index contributed by atoms with van der Waals surface area (Å²) >= 11 is 11.1. The molecule has 9 heavy (non-hydrogen) atoms. The van der Waals surface area contributed by atoms with E-state index in [1.807, 2.05) is 0 Å². The van der Waals surface area contributed by atoms with E-state index in [1.165, 1.54) is 12.1 Å². The van der Waals surface area contributed by atoms with Crippen molar-refractivity contribution in [3.05, 3.63) is 0 Å². The monoisotopic (exact) mass is 200 g/mol. The van der Waals surface area contributed by atoms with Crippen molar-refractivity contribution in [2.24, 2.45) is 0 Å². The molecule has 0 aliphatic heterocycles. The van der Waals surface area contributed by atoms with Gasteiger partial charge in [-0.2, -0.15) is 0 Å². The zero-order chi connectivity index (χ0) is 7.11. The highest BCUT2D eigenvalue weighted by Gasteiger charge is 1.96. The highest BCUT2D eigenvalue weighted by atomic mass is 35.5. The van der Waals surface area contributed by atoms with Gasteiger partial charge in [0.2, 0.25) is 0 Å². The Kier molecular flexibility index (Phi) is 7.93. The second kappa shape index (κ2) is 7.12. The van der Waals surface area contributed by atoms with Gasteiger partial charge in [0.05, 0.1) is 0 Å². The topological polar surface area (TPSA) is 0 Å². The van der Waals surface area contributed by atoms with Crippen molar-refractivity contribution in [2.75, 3.05) is 0 Å². The van der Waals surface area contributed by atoms with Crippen LogP contribution in [0.15, 0.2) is 0 Å². The van der Waals surface area contributed by atoms with Gasteiger partial charge in [-0.25, -0.2) is 0 Å². The van der Waals surface area contributed by atoms with E-state index in [1.54, 1.807) is 0 Å². The number of hydrogen-bond donors (Lipinski definition) is 0. The molecule has 0 rings (SSSR count). The lowest BCUT2D eigenvalue weighted by molar-refractivity contribution is 1.29. The summed E-state index contributed by atoms with van der Waals surface area (Å²) in [6.45, 7) is 2.35. The molecular weight excluding hydrogens is 187 g/mol. The Morgan fingerprint density at radius 3 is 2.44 bits per heavy atom. The van der Waals surface area contributed by atoms with Crippen molar-refractivity contribution in [1.29, 1.82) is 0 Å². The second-order valence-corrected chi connectivity index (χ2v) is 7.22. The minimum Gasteiger partial charge on any atom is -0.106 e. The number of alkyl halides is 2. The molecule has 0 saturated heterocycles. The van der Waals surface area contributed by atoms with E-state index in [0.717, 1.165) is 6.04 Å². The van der Waals surface area contributed by atoms with E-state index in [0.29, 0.717) is 9.52 Å². The molecular formula is C5H14Cl2Si2. The Labute approximate surface area is 72.0 Å². The highest BCUT2D eigenvalue weighted by Crippen LogP contribution is 2.07. The number of rotatable bonds is 5. The van der Waals surface area contributed by atoms with Crippen molar-refractivity contribution in [3.8, 4) is 0 Å². The van der Waals surface area contributed by atoms with E-state index in [4.69, 9.17) is 23.2 Å². The van der Waals surface area contributed by atoms with Crippen LogP contribution in [0.1, 0.15) is 0 Å². The zero-order valence-corrected chi connectivity index (χ0v) is 10.2. The van der Waals surface area contributed by atoms with Gasteiger partial charge in [0, 0.05) is 19.0 Å². The minimum atomic E-state index is -0.0739. The van der Waals surface area contributed by atoms with Gasteiger partial charge >= 0.3 is 0 Å². The summed E-state index contributed by atoms with van der Waals surface area (Å²) in [5.74, 6) is 0. The molecule has 0 aliphatic rings. The lowest BCUT2D eigenvalue weighted by atomic mass is 10.9. The summed E-state index contributed by atoms with van der Waals surface area (Å²) < 4.78 is 0. The summed E-state index contributed by atoms with van der Waals surface area (Å²) in [5.41, 5.74) is 0. The first-order chi connectivity index (χ1) is 4.27. The first-order valence-corrected chi connectivity index (χ1v) is 8.84. The SMILES string of the molecule is C[SiH2]CC[SiH2]CC(Cl)Cl. The average Bonchev–Trinajstić information content (AvgIpc) is 1.80. The van der Waals surface area contributed by atoms with Crippen LogP contribution in [-0.2, 0) is 0 Å². The molecule has 0 radical (unpaired) electrons. The number of halogens is 2. The van der Waals surface area contributed by atoms with E-state index in [2.05, 4.69) is 6.55 Å². The van der Waals surface area contributed by atoms with E-state index < -0.39 is 0 Å². The lowest BCUT2D eigenvalue weighted by Gasteiger charge is -1.97. The minimum absolute atomic E-state index is 0.0739. The molecule has 4 heteroatoms. The molecule has 0 amide bonds. The first-order valence-electron chi connectivity index (χ1n) is 3.55. The van der Waals surface area contributed by atoms with Gasteiger partial charge in [-0.1, -0.05) is 18.6 Å². The van der Waals surface area contributed by atoms with Crippen LogP contribution in [-0.4, -0.2) is 23.9 Å². The molecule has 0 spiro atoms. The molecule has 0 atom stereocenters. The summed E-state index contributed by atoms with van der Waals surface area (Å²) in [5, 5.41) is 0. The maximum Gasteiger partial charge on any atom is 0.105 e. The lowest BCUT2D eigenvalue weighted by Crippen LogP contribution is -1.96. The van der Waals surface area contributed by atoms with Gasteiger partial charge < -0.3 is 0 Å².